The van der Waals surface area contributed by atoms with Gasteiger partial charge in [0, 0.05) is 62.8 Å². The van der Waals surface area contributed by atoms with Gasteiger partial charge in [-0.1, -0.05) is 0 Å². The minimum absolute atomic E-state index is 0.0530. The van der Waals surface area contributed by atoms with Gasteiger partial charge in [-0.05, 0) is 76.6 Å². The number of anilines is 2. The molecule has 0 bridgehead atoms. The van der Waals surface area contributed by atoms with Gasteiger partial charge in [-0.3, -0.25) is 19.4 Å². The Kier molecular flexibility index (Phi) is 8.68. The van der Waals surface area contributed by atoms with E-state index in [9.17, 15) is 14.4 Å². The number of rotatable bonds is 11. The summed E-state index contributed by atoms with van der Waals surface area (Å²) in [4.78, 5) is 46.6. The van der Waals surface area contributed by atoms with Gasteiger partial charge in [0.05, 0.1) is 29.6 Å². The Morgan fingerprint density at radius 1 is 1.05 bits per heavy atom. The Bertz CT molecular complexity index is 1710. The van der Waals surface area contributed by atoms with E-state index in [-0.39, 0.29) is 17.4 Å². The summed E-state index contributed by atoms with van der Waals surface area (Å²) in [6.45, 7) is 10.2. The zero-order chi connectivity index (χ0) is 30.7. The molecule has 0 spiro atoms. The van der Waals surface area contributed by atoms with E-state index in [1.165, 1.54) is 0 Å². The van der Waals surface area contributed by atoms with Crippen molar-refractivity contribution < 1.29 is 18.7 Å². The number of nitrogens with zero attached hydrogens (tertiary/aromatic N) is 4. The van der Waals surface area contributed by atoms with E-state index in [0.717, 1.165) is 29.8 Å². The van der Waals surface area contributed by atoms with Crippen molar-refractivity contribution in [1.29, 1.82) is 0 Å². The number of hydrogen-bond acceptors (Lipinski definition) is 7. The third-order valence-corrected chi connectivity index (χ3v) is 7.98. The molecule has 10 nitrogen and oxygen atoms in total. The molecule has 1 aliphatic rings. The SMILES string of the molecule is CCN1C(=O)C(C)(C)C(=O)N(C)c2cc(OCCCNCc3ccnc(CCn4cc(C)c5occc5c4=O)c3)ccc21. The van der Waals surface area contributed by atoms with Crippen LogP contribution >= 0.6 is 0 Å². The van der Waals surface area contributed by atoms with Crippen LogP contribution in [0.25, 0.3) is 11.0 Å². The number of hydrogen-bond donors (Lipinski definition) is 1. The molecule has 1 aromatic carbocycles. The molecular weight excluding hydrogens is 546 g/mol. The summed E-state index contributed by atoms with van der Waals surface area (Å²) in [5, 5.41) is 4.05. The quantitative estimate of drug-likeness (QED) is 0.205. The molecule has 4 heterocycles. The second kappa shape index (κ2) is 12.4. The maximum Gasteiger partial charge on any atom is 0.261 e. The van der Waals surface area contributed by atoms with Gasteiger partial charge < -0.3 is 28.8 Å². The number of aromatic nitrogens is 2. The molecule has 0 saturated carbocycles. The summed E-state index contributed by atoms with van der Waals surface area (Å²) in [6, 6.07) is 11.3. The predicted molar refractivity (Wildman–Crippen MR) is 167 cm³/mol. The third kappa shape index (κ3) is 6.06. The molecule has 0 fully saturated rings. The predicted octanol–water partition coefficient (Wildman–Crippen LogP) is 4.45. The summed E-state index contributed by atoms with van der Waals surface area (Å²) in [5.41, 5.74) is 3.81. The fourth-order valence-electron chi connectivity index (χ4n) is 5.56. The topological polar surface area (TPSA) is 110 Å². The standard InChI is InChI=1S/C33H39N5O5/c1-6-38-27-9-8-25(19-28(27)36(5)31(40)33(3,4)32(38)41)42-16-7-13-34-20-23-10-14-35-24(18-23)11-15-37-21-22(2)29-26(30(37)39)12-17-43-29/h8-10,12,14,17-19,21,34H,6-7,11,13,15-16,20H2,1-5H3. The van der Waals surface area contributed by atoms with Crippen LogP contribution in [-0.4, -0.2) is 48.1 Å². The number of furan rings is 1. The van der Waals surface area contributed by atoms with Gasteiger partial charge in [-0.2, -0.15) is 0 Å². The van der Waals surface area contributed by atoms with Crippen LogP contribution < -0.4 is 25.4 Å². The largest absolute Gasteiger partial charge is 0.493 e. The zero-order valence-electron chi connectivity index (χ0n) is 25.5. The van der Waals surface area contributed by atoms with E-state index in [1.54, 1.807) is 53.8 Å². The summed E-state index contributed by atoms with van der Waals surface area (Å²) < 4.78 is 13.2. The van der Waals surface area contributed by atoms with Gasteiger partial charge in [0.2, 0.25) is 11.8 Å². The molecule has 43 heavy (non-hydrogen) atoms. The molecular formula is C33H39N5O5. The number of ether oxygens (including phenoxy) is 1. The highest BCUT2D eigenvalue weighted by molar-refractivity contribution is 6.20. The Morgan fingerprint density at radius 2 is 1.86 bits per heavy atom. The Morgan fingerprint density at radius 3 is 2.65 bits per heavy atom. The van der Waals surface area contributed by atoms with Crippen LogP contribution in [0.2, 0.25) is 0 Å². The fraction of sp³-hybridized carbons (Fsp3) is 0.394. The van der Waals surface area contributed by atoms with Crippen LogP contribution in [0.15, 0.2) is 64.3 Å². The average Bonchev–Trinajstić information content (AvgIpc) is 3.50. The van der Waals surface area contributed by atoms with Crippen LogP contribution in [0, 0.1) is 12.3 Å². The maximum absolute atomic E-state index is 13.1. The lowest BCUT2D eigenvalue weighted by atomic mass is 9.90. The van der Waals surface area contributed by atoms with Crippen molar-refractivity contribution in [2.24, 2.45) is 5.41 Å². The minimum atomic E-state index is -1.14. The van der Waals surface area contributed by atoms with Crippen molar-refractivity contribution >= 4 is 34.2 Å². The average molecular weight is 586 g/mol. The summed E-state index contributed by atoms with van der Waals surface area (Å²) in [5.74, 6) is 0.209. The Balaban J connectivity index is 1.11. The van der Waals surface area contributed by atoms with E-state index >= 15 is 0 Å². The fourth-order valence-corrected chi connectivity index (χ4v) is 5.56. The Labute approximate surface area is 251 Å². The first-order valence-corrected chi connectivity index (χ1v) is 14.7. The highest BCUT2D eigenvalue weighted by Gasteiger charge is 2.45. The maximum atomic E-state index is 13.1. The van der Waals surface area contributed by atoms with Gasteiger partial charge >= 0.3 is 0 Å². The number of carbonyl (C=O) groups is 2. The van der Waals surface area contributed by atoms with Crippen LogP contribution in [0.4, 0.5) is 11.4 Å². The highest BCUT2D eigenvalue weighted by Crippen LogP contribution is 2.40. The second-order valence-corrected chi connectivity index (χ2v) is 11.4. The number of aryl methyl sites for hydroxylation is 3. The summed E-state index contributed by atoms with van der Waals surface area (Å²) in [6.07, 6.45) is 6.63. The molecule has 0 unspecified atom stereocenters. The highest BCUT2D eigenvalue weighted by atomic mass is 16.5. The van der Waals surface area contributed by atoms with Gasteiger partial charge in [0.1, 0.15) is 16.7 Å². The molecule has 3 aromatic heterocycles. The molecule has 226 valence electrons. The van der Waals surface area contributed by atoms with Crippen LogP contribution in [0.3, 0.4) is 0 Å². The van der Waals surface area contributed by atoms with Gasteiger partial charge in [0.25, 0.3) is 5.56 Å². The van der Waals surface area contributed by atoms with E-state index in [4.69, 9.17) is 9.15 Å². The van der Waals surface area contributed by atoms with Gasteiger partial charge in [-0.15, -0.1) is 0 Å². The molecule has 0 saturated heterocycles. The second-order valence-electron chi connectivity index (χ2n) is 11.4. The number of nitrogens with one attached hydrogen (secondary N) is 1. The molecule has 1 aliphatic heterocycles. The first-order chi connectivity index (χ1) is 20.6. The number of fused-ring (bicyclic) bond motifs is 2. The molecule has 1 N–H and O–H groups in total. The Hall–Kier alpha value is -4.44. The lowest BCUT2D eigenvalue weighted by Crippen LogP contribution is -2.47. The molecule has 0 aliphatic carbocycles. The van der Waals surface area contributed by atoms with Crippen LogP contribution in [0.5, 0.6) is 5.75 Å². The number of amides is 2. The van der Waals surface area contributed by atoms with Gasteiger partial charge in [0.15, 0.2) is 0 Å². The first kappa shape index (κ1) is 30.0. The molecule has 4 aromatic rings. The van der Waals surface area contributed by atoms with Crippen LogP contribution in [0.1, 0.15) is 44.0 Å². The first-order valence-electron chi connectivity index (χ1n) is 14.7. The summed E-state index contributed by atoms with van der Waals surface area (Å²) >= 11 is 0. The molecule has 2 amide bonds. The third-order valence-electron chi connectivity index (χ3n) is 7.98. The minimum Gasteiger partial charge on any atom is -0.493 e. The normalized spacial score (nSPS) is 14.7. The molecule has 0 radical (unpaired) electrons. The summed E-state index contributed by atoms with van der Waals surface area (Å²) in [7, 11) is 1.70. The van der Waals surface area contributed by atoms with E-state index in [2.05, 4.69) is 16.4 Å². The van der Waals surface area contributed by atoms with Crippen molar-refractivity contribution in [3.8, 4) is 5.75 Å². The number of carbonyl (C=O) groups excluding carboxylic acids is 2. The van der Waals surface area contributed by atoms with Crippen LogP contribution in [-0.2, 0) is 29.1 Å². The van der Waals surface area contributed by atoms with E-state index < -0.39 is 5.41 Å². The number of pyridine rings is 2. The zero-order valence-corrected chi connectivity index (χ0v) is 25.5. The van der Waals surface area contributed by atoms with Crippen molar-refractivity contribution in [3.63, 3.8) is 0 Å². The van der Waals surface area contributed by atoms with E-state index in [1.807, 2.05) is 44.3 Å². The van der Waals surface area contributed by atoms with Crippen molar-refractivity contribution in [2.75, 3.05) is 36.5 Å². The molecule has 5 rings (SSSR count). The van der Waals surface area contributed by atoms with Gasteiger partial charge in [-0.25, -0.2) is 0 Å². The lowest BCUT2D eigenvalue weighted by Gasteiger charge is -2.27. The monoisotopic (exact) mass is 585 g/mol. The van der Waals surface area contributed by atoms with Crippen molar-refractivity contribution in [2.45, 2.75) is 53.6 Å². The molecule has 0 atom stereocenters. The smallest absolute Gasteiger partial charge is 0.261 e. The van der Waals surface area contributed by atoms with Crippen molar-refractivity contribution in [3.05, 3.63) is 82.2 Å². The van der Waals surface area contributed by atoms with Crippen molar-refractivity contribution in [1.82, 2.24) is 14.9 Å². The number of benzene rings is 1. The van der Waals surface area contributed by atoms with E-state index in [0.29, 0.717) is 60.8 Å². The lowest BCUT2D eigenvalue weighted by molar-refractivity contribution is -0.137. The molecule has 10 heteroatoms.